The van der Waals surface area contributed by atoms with Crippen molar-refractivity contribution in [2.24, 2.45) is 0 Å². The maximum Gasteiger partial charge on any atom is 0.417 e. The molecule has 0 spiro atoms. The lowest BCUT2D eigenvalue weighted by Crippen LogP contribution is -2.12. The molecular weight excluding hydrogens is 217 g/mol. The maximum atomic E-state index is 12.5. The van der Waals surface area contributed by atoms with Crippen LogP contribution in [-0.2, 0) is 6.18 Å². The fourth-order valence-electron chi connectivity index (χ4n) is 1.31. The molecule has 0 amide bonds. The number of nitrogens with one attached hydrogen (secondary N) is 1. The number of benzene rings is 1. The summed E-state index contributed by atoms with van der Waals surface area (Å²) in [6.07, 6.45) is -4.48. The summed E-state index contributed by atoms with van der Waals surface area (Å²) in [5.74, 6) is 0. The Balaban J connectivity index is 3.14. The summed E-state index contributed by atoms with van der Waals surface area (Å²) in [7, 11) is 0. The first kappa shape index (κ1) is 12.4. The average molecular weight is 228 g/mol. The molecule has 0 bridgehead atoms. The molecule has 0 heterocycles. The zero-order valence-corrected chi connectivity index (χ0v) is 8.89. The standard InChI is InChI=1S/C11H11F3N2/c1-7(2)16-9-3-4-10(11(12,13)14)8(5-9)6-15/h3-5,7,16H,1-2H3. The van der Waals surface area contributed by atoms with Gasteiger partial charge in [0.2, 0.25) is 0 Å². The Morgan fingerprint density at radius 3 is 2.38 bits per heavy atom. The minimum absolute atomic E-state index is 0.100. The SMILES string of the molecule is CC(C)Nc1ccc(C(F)(F)F)c(C#N)c1. The van der Waals surface area contributed by atoms with Gasteiger partial charge >= 0.3 is 6.18 Å². The summed E-state index contributed by atoms with van der Waals surface area (Å²) in [6, 6.07) is 5.11. The second-order valence-corrected chi connectivity index (χ2v) is 3.67. The lowest BCUT2D eigenvalue weighted by atomic mass is 10.1. The molecule has 0 saturated carbocycles. The summed E-state index contributed by atoms with van der Waals surface area (Å²) in [5, 5.41) is 11.6. The van der Waals surface area contributed by atoms with Crippen LogP contribution >= 0.6 is 0 Å². The fourth-order valence-corrected chi connectivity index (χ4v) is 1.31. The van der Waals surface area contributed by atoms with E-state index in [-0.39, 0.29) is 11.6 Å². The van der Waals surface area contributed by atoms with E-state index >= 15 is 0 Å². The first-order valence-corrected chi connectivity index (χ1v) is 4.72. The average Bonchev–Trinajstić information content (AvgIpc) is 2.14. The number of nitrogens with zero attached hydrogens (tertiary/aromatic N) is 1. The van der Waals surface area contributed by atoms with Gasteiger partial charge in [-0.15, -0.1) is 0 Å². The molecule has 0 unspecified atom stereocenters. The second-order valence-electron chi connectivity index (χ2n) is 3.67. The Morgan fingerprint density at radius 2 is 1.94 bits per heavy atom. The number of halogens is 3. The zero-order valence-electron chi connectivity index (χ0n) is 8.89. The van der Waals surface area contributed by atoms with Gasteiger partial charge in [-0.2, -0.15) is 18.4 Å². The Kier molecular flexibility index (Phi) is 3.43. The van der Waals surface area contributed by atoms with E-state index in [2.05, 4.69) is 5.32 Å². The summed E-state index contributed by atoms with van der Waals surface area (Å²) in [6.45, 7) is 3.73. The molecule has 1 aromatic rings. The van der Waals surface area contributed by atoms with Crippen LogP contribution in [0.5, 0.6) is 0 Å². The molecule has 86 valence electrons. The van der Waals surface area contributed by atoms with Crippen molar-refractivity contribution in [2.45, 2.75) is 26.1 Å². The lowest BCUT2D eigenvalue weighted by molar-refractivity contribution is -0.137. The molecule has 0 aliphatic carbocycles. The minimum atomic E-state index is -4.48. The lowest BCUT2D eigenvalue weighted by Gasteiger charge is -2.13. The van der Waals surface area contributed by atoms with Gasteiger partial charge in [0, 0.05) is 11.7 Å². The van der Waals surface area contributed by atoms with Crippen LogP contribution in [0.2, 0.25) is 0 Å². The quantitative estimate of drug-likeness (QED) is 0.842. The van der Waals surface area contributed by atoms with E-state index in [1.165, 1.54) is 12.1 Å². The smallest absolute Gasteiger partial charge is 0.383 e. The molecule has 1 N–H and O–H groups in total. The largest absolute Gasteiger partial charge is 0.417 e. The summed E-state index contributed by atoms with van der Waals surface area (Å²) in [4.78, 5) is 0. The molecule has 0 fully saturated rings. The minimum Gasteiger partial charge on any atom is -0.383 e. The highest BCUT2D eigenvalue weighted by molar-refractivity contribution is 5.53. The fraction of sp³-hybridized carbons (Fsp3) is 0.364. The highest BCUT2D eigenvalue weighted by Gasteiger charge is 2.33. The Labute approximate surface area is 91.7 Å². The third-order valence-electron chi connectivity index (χ3n) is 1.90. The van der Waals surface area contributed by atoms with Crippen molar-refractivity contribution in [3.05, 3.63) is 29.3 Å². The molecule has 5 heteroatoms. The number of alkyl halides is 3. The van der Waals surface area contributed by atoms with Crippen molar-refractivity contribution < 1.29 is 13.2 Å². The predicted molar refractivity (Wildman–Crippen MR) is 54.9 cm³/mol. The summed E-state index contributed by atoms with van der Waals surface area (Å²) >= 11 is 0. The molecule has 1 rings (SSSR count). The van der Waals surface area contributed by atoms with E-state index in [4.69, 9.17) is 5.26 Å². The van der Waals surface area contributed by atoms with Crippen LogP contribution in [0.1, 0.15) is 25.0 Å². The van der Waals surface area contributed by atoms with Crippen molar-refractivity contribution in [3.63, 3.8) is 0 Å². The summed E-state index contributed by atoms with van der Waals surface area (Å²) < 4.78 is 37.4. The van der Waals surface area contributed by atoms with Crippen molar-refractivity contribution >= 4 is 5.69 Å². The molecule has 0 aromatic heterocycles. The number of hydrogen-bond acceptors (Lipinski definition) is 2. The second kappa shape index (κ2) is 4.44. The number of nitriles is 1. The summed E-state index contributed by atoms with van der Waals surface area (Å²) in [5.41, 5.74) is -0.748. The van der Waals surface area contributed by atoms with Crippen LogP contribution in [-0.4, -0.2) is 6.04 Å². The Bertz CT molecular complexity index is 416. The highest BCUT2D eigenvalue weighted by Crippen LogP contribution is 2.33. The molecule has 0 atom stereocenters. The van der Waals surface area contributed by atoms with Crippen molar-refractivity contribution in [1.29, 1.82) is 5.26 Å². The molecule has 0 saturated heterocycles. The Morgan fingerprint density at radius 1 is 1.31 bits per heavy atom. The molecule has 2 nitrogen and oxygen atoms in total. The van der Waals surface area contributed by atoms with Crippen molar-refractivity contribution in [2.75, 3.05) is 5.32 Å². The monoisotopic (exact) mass is 228 g/mol. The number of anilines is 1. The third-order valence-corrected chi connectivity index (χ3v) is 1.90. The Hall–Kier alpha value is -1.70. The van der Waals surface area contributed by atoms with Gasteiger partial charge in [0.1, 0.15) is 0 Å². The number of rotatable bonds is 2. The van der Waals surface area contributed by atoms with Gasteiger partial charge in [-0.25, -0.2) is 0 Å². The van der Waals surface area contributed by atoms with E-state index in [1.807, 2.05) is 13.8 Å². The van der Waals surface area contributed by atoms with Crippen LogP contribution in [0.25, 0.3) is 0 Å². The van der Waals surface area contributed by atoms with Crippen LogP contribution in [0.3, 0.4) is 0 Å². The molecule has 1 aromatic carbocycles. The molecule has 16 heavy (non-hydrogen) atoms. The molecule has 0 aliphatic rings. The van der Waals surface area contributed by atoms with Gasteiger partial charge in [-0.1, -0.05) is 0 Å². The van der Waals surface area contributed by atoms with Crippen molar-refractivity contribution in [1.82, 2.24) is 0 Å². The van der Waals surface area contributed by atoms with Crippen LogP contribution in [0.15, 0.2) is 18.2 Å². The van der Waals surface area contributed by atoms with Gasteiger partial charge in [-0.05, 0) is 32.0 Å². The molecular formula is C11H11F3N2. The van der Waals surface area contributed by atoms with Gasteiger partial charge < -0.3 is 5.32 Å². The molecule has 0 radical (unpaired) electrons. The van der Waals surface area contributed by atoms with E-state index in [9.17, 15) is 13.2 Å². The highest BCUT2D eigenvalue weighted by atomic mass is 19.4. The van der Waals surface area contributed by atoms with E-state index in [1.54, 1.807) is 6.07 Å². The first-order valence-electron chi connectivity index (χ1n) is 4.72. The van der Waals surface area contributed by atoms with Crippen LogP contribution in [0.4, 0.5) is 18.9 Å². The maximum absolute atomic E-state index is 12.5. The predicted octanol–water partition coefficient (Wildman–Crippen LogP) is 3.40. The normalized spacial score (nSPS) is 11.3. The van der Waals surface area contributed by atoms with Gasteiger partial charge in [-0.3, -0.25) is 0 Å². The zero-order chi connectivity index (χ0) is 12.3. The van der Waals surface area contributed by atoms with Gasteiger partial charge in [0.15, 0.2) is 0 Å². The topological polar surface area (TPSA) is 35.8 Å². The number of hydrogen-bond donors (Lipinski definition) is 1. The van der Waals surface area contributed by atoms with Crippen LogP contribution < -0.4 is 5.32 Å². The van der Waals surface area contributed by atoms with Gasteiger partial charge in [0.25, 0.3) is 0 Å². The van der Waals surface area contributed by atoms with E-state index in [0.29, 0.717) is 5.69 Å². The third kappa shape index (κ3) is 2.89. The van der Waals surface area contributed by atoms with E-state index < -0.39 is 11.7 Å². The first-order chi connectivity index (χ1) is 7.34. The van der Waals surface area contributed by atoms with Crippen molar-refractivity contribution in [3.8, 4) is 6.07 Å². The molecule has 0 aliphatic heterocycles. The van der Waals surface area contributed by atoms with E-state index in [0.717, 1.165) is 6.07 Å². The van der Waals surface area contributed by atoms with Crippen LogP contribution in [0, 0.1) is 11.3 Å². The van der Waals surface area contributed by atoms with Gasteiger partial charge in [0.05, 0.1) is 17.2 Å².